The Labute approximate surface area is 168 Å². The van der Waals surface area contributed by atoms with Gasteiger partial charge < -0.3 is 19.9 Å². The van der Waals surface area contributed by atoms with Crippen molar-refractivity contribution in [3.05, 3.63) is 24.3 Å². The van der Waals surface area contributed by atoms with Crippen molar-refractivity contribution in [2.75, 3.05) is 64.4 Å². The lowest BCUT2D eigenvalue weighted by atomic mass is 10.2. The second kappa shape index (κ2) is 9.78. The third kappa shape index (κ3) is 5.16. The van der Waals surface area contributed by atoms with Gasteiger partial charge in [-0.05, 0) is 24.5 Å². The zero-order valence-electron chi connectivity index (χ0n) is 17.4. The molecule has 0 radical (unpaired) electrons. The Hall–Kier alpha value is -2.28. The average Bonchev–Trinajstić information content (AvgIpc) is 2.70. The lowest BCUT2D eigenvalue weighted by molar-refractivity contribution is -0.121. The number of piperazine rings is 1. The highest BCUT2D eigenvalue weighted by molar-refractivity contribution is 5.97. The molecule has 28 heavy (non-hydrogen) atoms. The Kier molecular flexibility index (Phi) is 7.14. The van der Waals surface area contributed by atoms with Crippen LogP contribution in [0.25, 0.3) is 0 Å². The molecule has 0 spiro atoms. The van der Waals surface area contributed by atoms with Gasteiger partial charge in [0.25, 0.3) is 5.91 Å². The number of anilines is 1. The minimum atomic E-state index is 0.0179. The molecule has 0 unspecified atom stereocenters. The molecule has 2 aliphatic rings. The summed E-state index contributed by atoms with van der Waals surface area (Å²) in [4.78, 5) is 23.4. The van der Waals surface area contributed by atoms with E-state index in [-0.39, 0.29) is 12.5 Å². The number of ether oxygens (including phenoxy) is 1. The third-order valence-corrected chi connectivity index (χ3v) is 5.16. The van der Waals surface area contributed by atoms with Crippen molar-refractivity contribution in [1.29, 1.82) is 0 Å². The van der Waals surface area contributed by atoms with E-state index in [2.05, 4.69) is 34.0 Å². The van der Waals surface area contributed by atoms with Crippen LogP contribution in [0.5, 0.6) is 5.75 Å². The number of rotatable bonds is 6. The summed E-state index contributed by atoms with van der Waals surface area (Å²) in [5.41, 5.74) is 0.865. The molecule has 0 aromatic heterocycles. The third-order valence-electron chi connectivity index (χ3n) is 5.16. The van der Waals surface area contributed by atoms with Crippen molar-refractivity contribution in [1.82, 2.24) is 15.1 Å². The number of para-hydroxylation sites is 2. The first-order chi connectivity index (χ1) is 13.6. The zero-order chi connectivity index (χ0) is 19.9. The topological polar surface area (TPSA) is 60.4 Å². The maximum Gasteiger partial charge on any atom is 0.265 e. The molecular formula is C21H33N5O2. The summed E-state index contributed by atoms with van der Waals surface area (Å²) in [6, 6.07) is 7.72. The molecule has 154 valence electrons. The first kappa shape index (κ1) is 20.5. The first-order valence-electron chi connectivity index (χ1n) is 10.3. The van der Waals surface area contributed by atoms with Crippen LogP contribution in [0, 0.1) is 5.92 Å². The fourth-order valence-electron chi connectivity index (χ4n) is 3.83. The Morgan fingerprint density at radius 1 is 1.21 bits per heavy atom. The van der Waals surface area contributed by atoms with Gasteiger partial charge in [-0.25, -0.2) is 0 Å². The normalized spacial score (nSPS) is 18.3. The number of hydrogen-bond acceptors (Lipinski definition) is 4. The van der Waals surface area contributed by atoms with E-state index >= 15 is 0 Å². The molecule has 1 N–H and O–H groups in total. The Balaban J connectivity index is 1.44. The fourth-order valence-corrected chi connectivity index (χ4v) is 3.83. The van der Waals surface area contributed by atoms with Crippen LogP contribution in [-0.4, -0.2) is 81.1 Å². The minimum Gasteiger partial charge on any atom is -0.482 e. The molecule has 0 bridgehead atoms. The van der Waals surface area contributed by atoms with Gasteiger partial charge in [-0.3, -0.25) is 14.7 Å². The second-order valence-corrected chi connectivity index (χ2v) is 7.81. The van der Waals surface area contributed by atoms with Gasteiger partial charge in [0.05, 0.1) is 5.69 Å². The molecule has 7 nitrogen and oxygen atoms in total. The van der Waals surface area contributed by atoms with E-state index in [4.69, 9.17) is 4.74 Å². The maximum absolute atomic E-state index is 12.2. The number of carbonyl (C=O) groups is 1. The Bertz CT molecular complexity index is 683. The van der Waals surface area contributed by atoms with Crippen LogP contribution >= 0.6 is 0 Å². The second-order valence-electron chi connectivity index (χ2n) is 7.81. The summed E-state index contributed by atoms with van der Waals surface area (Å²) in [5, 5.41) is 3.46. The summed E-state index contributed by atoms with van der Waals surface area (Å²) in [7, 11) is 1.84. The average molecular weight is 388 g/mol. The van der Waals surface area contributed by atoms with Gasteiger partial charge in [0.1, 0.15) is 5.75 Å². The quantitative estimate of drug-likeness (QED) is 0.457. The SMILES string of the molecule is CN=C(NCCCN1C(=O)COc2ccccc21)N1CCN(CC(C)C)CC1. The lowest BCUT2D eigenvalue weighted by Gasteiger charge is -2.37. The highest BCUT2D eigenvalue weighted by Gasteiger charge is 2.25. The van der Waals surface area contributed by atoms with Crippen molar-refractivity contribution in [3.63, 3.8) is 0 Å². The summed E-state index contributed by atoms with van der Waals surface area (Å²) in [5.74, 6) is 2.46. The van der Waals surface area contributed by atoms with Gasteiger partial charge in [0, 0.05) is 52.9 Å². The van der Waals surface area contributed by atoms with E-state index in [9.17, 15) is 4.79 Å². The molecule has 0 aliphatic carbocycles. The Morgan fingerprint density at radius 3 is 2.68 bits per heavy atom. The lowest BCUT2D eigenvalue weighted by Crippen LogP contribution is -2.53. The van der Waals surface area contributed by atoms with Crippen LogP contribution in [0.15, 0.2) is 29.3 Å². The molecular weight excluding hydrogens is 354 g/mol. The van der Waals surface area contributed by atoms with E-state index in [1.54, 1.807) is 0 Å². The van der Waals surface area contributed by atoms with Crippen molar-refractivity contribution in [3.8, 4) is 5.75 Å². The molecule has 1 fully saturated rings. The zero-order valence-corrected chi connectivity index (χ0v) is 17.4. The minimum absolute atomic E-state index is 0.0179. The van der Waals surface area contributed by atoms with Gasteiger partial charge in [-0.1, -0.05) is 26.0 Å². The van der Waals surface area contributed by atoms with Gasteiger partial charge in [0.2, 0.25) is 0 Å². The number of benzene rings is 1. The van der Waals surface area contributed by atoms with Crippen molar-refractivity contribution in [2.45, 2.75) is 20.3 Å². The first-order valence-corrected chi connectivity index (χ1v) is 10.3. The van der Waals surface area contributed by atoms with Crippen molar-refractivity contribution in [2.24, 2.45) is 10.9 Å². The van der Waals surface area contributed by atoms with E-state index in [1.165, 1.54) is 0 Å². The summed E-state index contributed by atoms with van der Waals surface area (Å²) >= 11 is 0. The number of amides is 1. The molecule has 1 saturated heterocycles. The molecule has 2 aliphatic heterocycles. The standard InChI is InChI=1S/C21H33N5O2/c1-17(2)15-24-11-13-25(14-12-24)21(22-3)23-9-6-10-26-18-7-4-5-8-19(18)28-16-20(26)27/h4-5,7-8,17H,6,9-16H2,1-3H3,(H,22,23). The largest absolute Gasteiger partial charge is 0.482 e. The number of aliphatic imine (C=N–C) groups is 1. The van der Waals surface area contributed by atoms with Gasteiger partial charge in [-0.2, -0.15) is 0 Å². The van der Waals surface area contributed by atoms with Crippen LogP contribution in [0.1, 0.15) is 20.3 Å². The van der Waals surface area contributed by atoms with Crippen LogP contribution in [0.2, 0.25) is 0 Å². The number of carbonyl (C=O) groups excluding carboxylic acids is 1. The molecule has 1 aromatic carbocycles. The molecule has 0 atom stereocenters. The van der Waals surface area contributed by atoms with E-state index < -0.39 is 0 Å². The van der Waals surface area contributed by atoms with Crippen molar-refractivity contribution < 1.29 is 9.53 Å². The van der Waals surface area contributed by atoms with Crippen LogP contribution in [0.3, 0.4) is 0 Å². The highest BCUT2D eigenvalue weighted by Crippen LogP contribution is 2.31. The maximum atomic E-state index is 12.2. The summed E-state index contributed by atoms with van der Waals surface area (Å²) in [6.07, 6.45) is 0.854. The molecule has 3 rings (SSSR count). The number of guanidine groups is 1. The number of nitrogens with one attached hydrogen (secondary N) is 1. The van der Waals surface area contributed by atoms with Crippen LogP contribution in [0.4, 0.5) is 5.69 Å². The Morgan fingerprint density at radius 2 is 1.96 bits per heavy atom. The monoisotopic (exact) mass is 387 g/mol. The van der Waals surface area contributed by atoms with E-state index in [0.29, 0.717) is 12.5 Å². The highest BCUT2D eigenvalue weighted by atomic mass is 16.5. The number of fused-ring (bicyclic) bond motifs is 1. The molecule has 1 amide bonds. The molecule has 0 saturated carbocycles. The van der Waals surface area contributed by atoms with Gasteiger partial charge in [0.15, 0.2) is 12.6 Å². The molecule has 2 heterocycles. The number of hydrogen-bond donors (Lipinski definition) is 1. The van der Waals surface area contributed by atoms with Crippen molar-refractivity contribution >= 4 is 17.6 Å². The van der Waals surface area contributed by atoms with Gasteiger partial charge >= 0.3 is 0 Å². The summed E-state index contributed by atoms with van der Waals surface area (Å²) < 4.78 is 5.50. The number of nitrogens with zero attached hydrogens (tertiary/aromatic N) is 4. The van der Waals surface area contributed by atoms with E-state index in [0.717, 1.165) is 63.1 Å². The smallest absolute Gasteiger partial charge is 0.265 e. The van der Waals surface area contributed by atoms with Crippen LogP contribution < -0.4 is 15.0 Å². The molecule has 7 heteroatoms. The molecule has 1 aromatic rings. The predicted molar refractivity (Wildman–Crippen MR) is 113 cm³/mol. The fraction of sp³-hybridized carbons (Fsp3) is 0.619. The summed E-state index contributed by atoms with van der Waals surface area (Å²) in [6.45, 7) is 11.4. The van der Waals surface area contributed by atoms with Gasteiger partial charge in [-0.15, -0.1) is 0 Å². The van der Waals surface area contributed by atoms with Crippen LogP contribution in [-0.2, 0) is 4.79 Å². The van der Waals surface area contributed by atoms with E-state index in [1.807, 2.05) is 36.2 Å². The predicted octanol–water partition coefficient (Wildman–Crippen LogP) is 1.65.